The molecule has 1 aliphatic heterocycles. The van der Waals surface area contributed by atoms with Crippen molar-refractivity contribution in [3.63, 3.8) is 0 Å². The molecule has 1 aromatic heterocycles. The molecule has 2 heterocycles. The van der Waals surface area contributed by atoms with Gasteiger partial charge in [-0.25, -0.2) is 4.98 Å². The van der Waals surface area contributed by atoms with Crippen LogP contribution in [0, 0.1) is 5.92 Å². The van der Waals surface area contributed by atoms with Crippen molar-refractivity contribution in [2.24, 2.45) is 0 Å². The maximum atomic E-state index is 4.56. The predicted molar refractivity (Wildman–Crippen MR) is 59.6 cm³/mol. The van der Waals surface area contributed by atoms with Gasteiger partial charge in [0.05, 0.1) is 11.5 Å². The Morgan fingerprint density at radius 1 is 1.33 bits per heavy atom. The fourth-order valence-electron chi connectivity index (χ4n) is 1.41. The quantitative estimate of drug-likeness (QED) is 0.664. The zero-order valence-electron chi connectivity index (χ0n) is 9.86. The maximum Gasteiger partial charge on any atom is 1.00 e. The number of allylic oxidation sites excluding steroid dienone is 2. The molecule has 0 saturated heterocycles. The van der Waals surface area contributed by atoms with Gasteiger partial charge in [0.15, 0.2) is 0 Å². The summed E-state index contributed by atoms with van der Waals surface area (Å²) in [4.78, 5) is 4.56. The van der Waals surface area contributed by atoms with Gasteiger partial charge in [0.1, 0.15) is 0 Å². The average Bonchev–Trinajstić information content (AvgIpc) is 2.48. The van der Waals surface area contributed by atoms with Crippen LogP contribution in [0.3, 0.4) is 0 Å². The summed E-state index contributed by atoms with van der Waals surface area (Å²) in [6.45, 7) is 6.41. The number of aromatic nitrogens is 2. The Morgan fingerprint density at radius 3 is 2.73 bits per heavy atom. The minimum Gasteiger partial charge on any atom is -0.371 e. The van der Waals surface area contributed by atoms with Crippen LogP contribution >= 0.6 is 0 Å². The Balaban J connectivity index is 0.00000112. The second-order valence-electron chi connectivity index (χ2n) is 3.98. The zero-order chi connectivity index (χ0) is 10.1. The molecule has 2 nitrogen and oxygen atoms in total. The first-order chi connectivity index (χ1) is 6.66. The summed E-state index contributed by atoms with van der Waals surface area (Å²) >= 11 is 0. The van der Waals surface area contributed by atoms with Crippen molar-refractivity contribution in [3.8, 4) is 0 Å². The first-order valence-corrected chi connectivity index (χ1v) is 4.95. The molecular formula is C12H15N2Rb. The van der Waals surface area contributed by atoms with E-state index in [1.807, 2.05) is 0 Å². The largest absolute Gasteiger partial charge is 1.00 e. The molecule has 0 atom stereocenters. The van der Waals surface area contributed by atoms with E-state index >= 15 is 0 Å². The summed E-state index contributed by atoms with van der Waals surface area (Å²) in [6, 6.07) is 0. The molecule has 15 heavy (non-hydrogen) atoms. The Hall–Kier alpha value is 0.365. The molecule has 3 heteroatoms. The van der Waals surface area contributed by atoms with Gasteiger partial charge in [0.2, 0.25) is 0 Å². The summed E-state index contributed by atoms with van der Waals surface area (Å²) < 4.78 is 2.07. The molecule has 0 spiro atoms. The van der Waals surface area contributed by atoms with E-state index in [9.17, 15) is 0 Å². The molecule has 1 aliphatic rings. The number of imidazole rings is 1. The summed E-state index contributed by atoms with van der Waals surface area (Å²) in [6.07, 6.45) is 10.4. The van der Waals surface area contributed by atoms with Crippen LogP contribution in [-0.4, -0.2) is 9.55 Å². The van der Waals surface area contributed by atoms with Crippen molar-refractivity contribution in [1.82, 2.24) is 9.55 Å². The van der Waals surface area contributed by atoms with Crippen LogP contribution in [0.4, 0.5) is 0 Å². The van der Waals surface area contributed by atoms with E-state index in [0.717, 1.165) is 11.5 Å². The van der Waals surface area contributed by atoms with Crippen molar-refractivity contribution >= 4 is 12.3 Å². The molecule has 0 aromatic carbocycles. The molecule has 74 valence electrons. The van der Waals surface area contributed by atoms with E-state index in [4.69, 9.17) is 0 Å². The van der Waals surface area contributed by atoms with Crippen molar-refractivity contribution in [2.45, 2.75) is 26.7 Å². The standard InChI is InChI=1S/C12H15N2.Rb/c1-9(2)11-8-14-7-6-10(3)4-5-12(14)13-11;/h4-9H,1-3H3;/q-1;+1. The average molecular weight is 273 g/mol. The van der Waals surface area contributed by atoms with Gasteiger partial charge < -0.3 is 4.57 Å². The van der Waals surface area contributed by atoms with Crippen molar-refractivity contribution in [1.29, 1.82) is 0 Å². The number of rotatable bonds is 1. The Bertz CT molecular complexity index is 357. The van der Waals surface area contributed by atoms with E-state index in [1.165, 1.54) is 5.92 Å². The van der Waals surface area contributed by atoms with Gasteiger partial charge in [-0.05, 0) is 5.92 Å². The number of hydrogen-bond acceptors (Lipinski definition) is 1. The van der Waals surface area contributed by atoms with Crippen molar-refractivity contribution in [2.75, 3.05) is 0 Å². The summed E-state index contributed by atoms with van der Waals surface area (Å²) in [5.41, 5.74) is 1.15. The second kappa shape index (κ2) is 5.62. The smallest absolute Gasteiger partial charge is 0.371 e. The third-order valence-corrected chi connectivity index (χ3v) is 2.36. The molecule has 1 aromatic rings. The van der Waals surface area contributed by atoms with E-state index < -0.39 is 0 Å². The third-order valence-electron chi connectivity index (χ3n) is 2.36. The molecule has 0 unspecified atom stereocenters. The minimum atomic E-state index is 0. The van der Waals surface area contributed by atoms with Gasteiger partial charge in [-0.15, -0.1) is 6.08 Å². The molecule has 0 saturated carbocycles. The van der Waals surface area contributed by atoms with Crippen LogP contribution in [0.2, 0.25) is 0 Å². The molecule has 0 radical (unpaired) electrons. The van der Waals surface area contributed by atoms with Gasteiger partial charge in [0, 0.05) is 6.20 Å². The van der Waals surface area contributed by atoms with Gasteiger partial charge in [-0.3, -0.25) is 0 Å². The van der Waals surface area contributed by atoms with E-state index in [-0.39, 0.29) is 58.2 Å². The molecule has 0 aliphatic carbocycles. The number of fused-ring (bicyclic) bond motifs is 1. The SMILES string of the molecule is C[C-]1C=Cc2nc(C(C)C)cn2C=C1.[Rb+]. The Labute approximate surface area is 140 Å². The van der Waals surface area contributed by atoms with E-state index in [2.05, 4.69) is 60.9 Å². The number of hydrogen-bond donors (Lipinski definition) is 0. The fourth-order valence-corrected chi connectivity index (χ4v) is 1.41. The molecular weight excluding hydrogens is 258 g/mol. The predicted octanol–water partition coefficient (Wildman–Crippen LogP) is 0.102. The van der Waals surface area contributed by atoms with Crippen LogP contribution in [-0.2, 0) is 0 Å². The summed E-state index contributed by atoms with van der Waals surface area (Å²) in [7, 11) is 0. The van der Waals surface area contributed by atoms with Gasteiger partial charge in [-0.1, -0.05) is 27.0 Å². The minimum absolute atomic E-state index is 0. The fraction of sp³-hybridized carbons (Fsp3) is 0.333. The van der Waals surface area contributed by atoms with E-state index in [0.29, 0.717) is 5.92 Å². The van der Waals surface area contributed by atoms with E-state index in [1.54, 1.807) is 0 Å². The van der Waals surface area contributed by atoms with Crippen LogP contribution in [0.5, 0.6) is 0 Å². The Kier molecular flexibility index (Phi) is 5.03. The zero-order valence-corrected chi connectivity index (χ0v) is 14.8. The van der Waals surface area contributed by atoms with Crippen LogP contribution in [0.15, 0.2) is 18.3 Å². The third kappa shape index (κ3) is 3.16. The van der Waals surface area contributed by atoms with Gasteiger partial charge >= 0.3 is 58.2 Å². The molecule has 0 amide bonds. The first-order valence-electron chi connectivity index (χ1n) is 4.95. The second-order valence-corrected chi connectivity index (χ2v) is 3.98. The summed E-state index contributed by atoms with van der Waals surface area (Å²) in [5, 5.41) is 0. The van der Waals surface area contributed by atoms with Crippen molar-refractivity contribution < 1.29 is 58.2 Å². The van der Waals surface area contributed by atoms with Gasteiger partial charge in [-0.2, -0.15) is 18.1 Å². The normalized spacial score (nSPS) is 13.7. The number of nitrogens with zero attached hydrogens (tertiary/aromatic N) is 2. The Morgan fingerprint density at radius 2 is 2.07 bits per heavy atom. The van der Waals surface area contributed by atoms with Crippen molar-refractivity contribution in [3.05, 3.63) is 35.8 Å². The van der Waals surface area contributed by atoms with Crippen LogP contribution < -0.4 is 58.2 Å². The van der Waals surface area contributed by atoms with Crippen LogP contribution in [0.1, 0.15) is 38.2 Å². The molecule has 2 rings (SSSR count). The summed E-state index contributed by atoms with van der Waals surface area (Å²) in [5.74, 6) is 2.75. The molecule has 0 fully saturated rings. The molecule has 0 bridgehead atoms. The van der Waals surface area contributed by atoms with Crippen LogP contribution in [0.25, 0.3) is 12.3 Å². The topological polar surface area (TPSA) is 17.8 Å². The van der Waals surface area contributed by atoms with Gasteiger partial charge in [0.25, 0.3) is 0 Å². The maximum absolute atomic E-state index is 4.56. The monoisotopic (exact) mass is 272 g/mol. The first kappa shape index (κ1) is 13.4. The molecule has 0 N–H and O–H groups in total.